The van der Waals surface area contributed by atoms with Crippen molar-refractivity contribution in [2.24, 2.45) is 5.92 Å². The normalized spacial score (nSPS) is 27.1. The van der Waals surface area contributed by atoms with E-state index in [1.807, 2.05) is 0 Å². The highest BCUT2D eigenvalue weighted by Crippen LogP contribution is 2.24. The van der Waals surface area contributed by atoms with Gasteiger partial charge < -0.3 is 5.11 Å². The standard InChI is InChI=1S/C8H14O/c1-6(2)7-4-3-5-8(7)9/h4,6,8-9H,3,5H2,1-2H3/t8-/m0/s1. The van der Waals surface area contributed by atoms with Crippen molar-refractivity contribution in [2.75, 3.05) is 0 Å². The fraction of sp³-hybridized carbons (Fsp3) is 0.750. The molecule has 52 valence electrons. The first kappa shape index (κ1) is 6.81. The Bertz CT molecular complexity index is 125. The minimum absolute atomic E-state index is 0.134. The highest BCUT2D eigenvalue weighted by molar-refractivity contribution is 5.15. The first-order valence-corrected chi connectivity index (χ1v) is 3.60. The molecule has 0 aromatic heterocycles. The maximum absolute atomic E-state index is 9.29. The van der Waals surface area contributed by atoms with Gasteiger partial charge in [-0.15, -0.1) is 0 Å². The van der Waals surface area contributed by atoms with Crippen molar-refractivity contribution in [2.45, 2.75) is 32.8 Å². The molecule has 0 spiro atoms. The summed E-state index contributed by atoms with van der Waals surface area (Å²) in [7, 11) is 0. The van der Waals surface area contributed by atoms with Gasteiger partial charge in [-0.3, -0.25) is 0 Å². The quantitative estimate of drug-likeness (QED) is 0.530. The number of allylic oxidation sites excluding steroid dienone is 1. The Kier molecular flexibility index (Phi) is 1.91. The van der Waals surface area contributed by atoms with Gasteiger partial charge in [0, 0.05) is 0 Å². The summed E-state index contributed by atoms with van der Waals surface area (Å²) in [5.41, 5.74) is 1.23. The van der Waals surface area contributed by atoms with E-state index in [0.717, 1.165) is 12.8 Å². The first-order valence-electron chi connectivity index (χ1n) is 3.60. The van der Waals surface area contributed by atoms with Gasteiger partial charge in [0.1, 0.15) is 0 Å². The second-order valence-corrected chi connectivity index (χ2v) is 2.95. The highest BCUT2D eigenvalue weighted by Gasteiger charge is 2.17. The molecular formula is C8H14O. The van der Waals surface area contributed by atoms with Gasteiger partial charge in [-0.05, 0) is 24.3 Å². The van der Waals surface area contributed by atoms with Crippen LogP contribution in [-0.4, -0.2) is 11.2 Å². The van der Waals surface area contributed by atoms with Crippen molar-refractivity contribution < 1.29 is 5.11 Å². The summed E-state index contributed by atoms with van der Waals surface area (Å²) >= 11 is 0. The van der Waals surface area contributed by atoms with E-state index in [9.17, 15) is 5.11 Å². The van der Waals surface area contributed by atoms with Crippen LogP contribution in [0.5, 0.6) is 0 Å². The molecule has 0 saturated heterocycles. The molecule has 0 aliphatic heterocycles. The predicted molar refractivity (Wildman–Crippen MR) is 38.2 cm³/mol. The molecule has 0 saturated carbocycles. The highest BCUT2D eigenvalue weighted by atomic mass is 16.3. The first-order chi connectivity index (χ1) is 4.22. The van der Waals surface area contributed by atoms with Crippen molar-refractivity contribution in [3.63, 3.8) is 0 Å². The van der Waals surface area contributed by atoms with Crippen LogP contribution >= 0.6 is 0 Å². The molecule has 0 bridgehead atoms. The molecule has 0 heterocycles. The number of hydrogen-bond donors (Lipinski definition) is 1. The van der Waals surface area contributed by atoms with Gasteiger partial charge >= 0.3 is 0 Å². The van der Waals surface area contributed by atoms with Crippen LogP contribution in [0.25, 0.3) is 0 Å². The molecule has 0 radical (unpaired) electrons. The molecule has 0 fully saturated rings. The minimum atomic E-state index is -0.134. The summed E-state index contributed by atoms with van der Waals surface area (Å²) in [6.07, 6.45) is 4.03. The molecule has 0 unspecified atom stereocenters. The summed E-state index contributed by atoms with van der Waals surface area (Å²) in [6, 6.07) is 0. The van der Waals surface area contributed by atoms with Gasteiger partial charge in [0.25, 0.3) is 0 Å². The molecule has 1 rings (SSSR count). The average molecular weight is 126 g/mol. The van der Waals surface area contributed by atoms with E-state index in [1.165, 1.54) is 5.57 Å². The molecule has 1 atom stereocenters. The van der Waals surface area contributed by atoms with Gasteiger partial charge in [0.2, 0.25) is 0 Å². The van der Waals surface area contributed by atoms with E-state index in [2.05, 4.69) is 19.9 Å². The Morgan fingerprint density at radius 2 is 2.33 bits per heavy atom. The van der Waals surface area contributed by atoms with Crippen LogP contribution in [0.3, 0.4) is 0 Å². The minimum Gasteiger partial charge on any atom is -0.389 e. The van der Waals surface area contributed by atoms with Gasteiger partial charge in [-0.1, -0.05) is 19.9 Å². The van der Waals surface area contributed by atoms with E-state index in [0.29, 0.717) is 5.92 Å². The molecule has 0 aromatic rings. The fourth-order valence-electron chi connectivity index (χ4n) is 1.33. The maximum atomic E-state index is 9.29. The van der Waals surface area contributed by atoms with Crippen LogP contribution in [0.4, 0.5) is 0 Å². The van der Waals surface area contributed by atoms with Gasteiger partial charge in [-0.2, -0.15) is 0 Å². The lowest BCUT2D eigenvalue weighted by Crippen LogP contribution is -2.08. The Balaban J connectivity index is 2.57. The third-order valence-corrected chi connectivity index (χ3v) is 1.87. The number of aliphatic hydroxyl groups excluding tert-OH is 1. The van der Waals surface area contributed by atoms with Crippen molar-refractivity contribution in [1.82, 2.24) is 0 Å². The molecule has 9 heavy (non-hydrogen) atoms. The molecule has 1 aliphatic carbocycles. The van der Waals surface area contributed by atoms with Crippen LogP contribution in [0.15, 0.2) is 11.6 Å². The third-order valence-electron chi connectivity index (χ3n) is 1.87. The van der Waals surface area contributed by atoms with Crippen LogP contribution in [-0.2, 0) is 0 Å². The Hall–Kier alpha value is -0.300. The lowest BCUT2D eigenvalue weighted by molar-refractivity contribution is 0.202. The van der Waals surface area contributed by atoms with E-state index in [4.69, 9.17) is 0 Å². The number of aliphatic hydroxyl groups is 1. The zero-order chi connectivity index (χ0) is 6.85. The Morgan fingerprint density at radius 1 is 1.67 bits per heavy atom. The summed E-state index contributed by atoms with van der Waals surface area (Å²) in [6.45, 7) is 4.25. The maximum Gasteiger partial charge on any atom is 0.0755 e. The van der Waals surface area contributed by atoms with Gasteiger partial charge in [-0.25, -0.2) is 0 Å². The smallest absolute Gasteiger partial charge is 0.0755 e. The zero-order valence-electron chi connectivity index (χ0n) is 6.09. The molecule has 1 N–H and O–H groups in total. The summed E-state index contributed by atoms with van der Waals surface area (Å²) in [5, 5.41) is 9.29. The fourth-order valence-corrected chi connectivity index (χ4v) is 1.33. The second kappa shape index (κ2) is 2.53. The number of hydrogen-bond acceptors (Lipinski definition) is 1. The summed E-state index contributed by atoms with van der Waals surface area (Å²) in [4.78, 5) is 0. The summed E-state index contributed by atoms with van der Waals surface area (Å²) < 4.78 is 0. The lowest BCUT2D eigenvalue weighted by atomic mass is 10.0. The second-order valence-electron chi connectivity index (χ2n) is 2.95. The lowest BCUT2D eigenvalue weighted by Gasteiger charge is -2.10. The number of rotatable bonds is 1. The van der Waals surface area contributed by atoms with E-state index in [1.54, 1.807) is 0 Å². The van der Waals surface area contributed by atoms with Crippen LogP contribution in [0.1, 0.15) is 26.7 Å². The van der Waals surface area contributed by atoms with Crippen molar-refractivity contribution in [3.8, 4) is 0 Å². The average Bonchev–Trinajstić information content (AvgIpc) is 2.13. The molecule has 0 aromatic carbocycles. The van der Waals surface area contributed by atoms with E-state index >= 15 is 0 Å². The van der Waals surface area contributed by atoms with E-state index in [-0.39, 0.29) is 6.10 Å². The third kappa shape index (κ3) is 1.33. The topological polar surface area (TPSA) is 20.2 Å². The molecule has 0 amide bonds. The van der Waals surface area contributed by atoms with Crippen LogP contribution < -0.4 is 0 Å². The van der Waals surface area contributed by atoms with Crippen molar-refractivity contribution >= 4 is 0 Å². The van der Waals surface area contributed by atoms with Crippen molar-refractivity contribution in [3.05, 3.63) is 11.6 Å². The van der Waals surface area contributed by atoms with Gasteiger partial charge in [0.05, 0.1) is 6.10 Å². The summed E-state index contributed by atoms with van der Waals surface area (Å²) in [5.74, 6) is 0.530. The predicted octanol–water partition coefficient (Wildman–Crippen LogP) is 1.72. The Labute approximate surface area is 56.4 Å². The van der Waals surface area contributed by atoms with Crippen LogP contribution in [0.2, 0.25) is 0 Å². The zero-order valence-corrected chi connectivity index (χ0v) is 6.09. The van der Waals surface area contributed by atoms with Crippen LogP contribution in [0, 0.1) is 5.92 Å². The Morgan fingerprint density at radius 3 is 2.56 bits per heavy atom. The molecule has 1 aliphatic rings. The molecular weight excluding hydrogens is 112 g/mol. The van der Waals surface area contributed by atoms with E-state index < -0.39 is 0 Å². The SMILES string of the molecule is CC(C)C1=CCC[C@@H]1O. The molecule has 1 nitrogen and oxygen atoms in total. The van der Waals surface area contributed by atoms with Crippen molar-refractivity contribution in [1.29, 1.82) is 0 Å². The monoisotopic (exact) mass is 126 g/mol. The molecule has 1 heteroatoms. The largest absolute Gasteiger partial charge is 0.389 e. The van der Waals surface area contributed by atoms with Gasteiger partial charge in [0.15, 0.2) is 0 Å².